The van der Waals surface area contributed by atoms with E-state index in [2.05, 4.69) is 34.2 Å². The number of hydrogen-bond acceptors (Lipinski definition) is 3. The van der Waals surface area contributed by atoms with E-state index < -0.39 is 0 Å². The molecule has 0 saturated heterocycles. The molecule has 0 fully saturated rings. The summed E-state index contributed by atoms with van der Waals surface area (Å²) in [4.78, 5) is 0. The zero-order valence-corrected chi connectivity index (χ0v) is 12.3. The molecule has 100 valence electrons. The summed E-state index contributed by atoms with van der Waals surface area (Å²) >= 11 is 3.49. The summed E-state index contributed by atoms with van der Waals surface area (Å²) in [6, 6.07) is 10.3. The monoisotopic (exact) mass is 321 g/mol. The van der Waals surface area contributed by atoms with Crippen LogP contribution in [0, 0.1) is 0 Å². The van der Waals surface area contributed by atoms with Crippen molar-refractivity contribution in [3.8, 4) is 5.75 Å². The maximum Gasteiger partial charge on any atom is 0.123 e. The molecule has 1 aliphatic rings. The molecule has 3 rings (SSSR count). The third-order valence-corrected chi connectivity index (χ3v) is 3.88. The van der Waals surface area contributed by atoms with Crippen molar-refractivity contribution in [1.82, 2.24) is 5.32 Å². The Morgan fingerprint density at radius 2 is 2.32 bits per heavy atom. The molecule has 1 aromatic heterocycles. The average Bonchev–Trinajstić information content (AvgIpc) is 3.04. The summed E-state index contributed by atoms with van der Waals surface area (Å²) in [6.07, 6.45) is 2.85. The van der Waals surface area contributed by atoms with Crippen LogP contribution in [0.5, 0.6) is 5.75 Å². The molecule has 0 aliphatic carbocycles. The minimum Gasteiger partial charge on any atom is -0.488 e. The van der Waals surface area contributed by atoms with Crippen LogP contribution in [0.3, 0.4) is 0 Å². The van der Waals surface area contributed by atoms with Crippen LogP contribution in [0.25, 0.3) is 0 Å². The second-order valence-corrected chi connectivity index (χ2v) is 5.76. The highest BCUT2D eigenvalue weighted by Gasteiger charge is 2.23. The lowest BCUT2D eigenvalue weighted by Gasteiger charge is -2.15. The molecule has 0 amide bonds. The van der Waals surface area contributed by atoms with Gasteiger partial charge in [-0.05, 0) is 42.8 Å². The second-order valence-electron chi connectivity index (χ2n) is 4.84. The summed E-state index contributed by atoms with van der Waals surface area (Å²) in [5.41, 5.74) is 1.27. The molecule has 0 spiro atoms. The predicted octanol–water partition coefficient (Wildman–Crippen LogP) is 3.70. The van der Waals surface area contributed by atoms with E-state index in [4.69, 9.17) is 9.15 Å². The van der Waals surface area contributed by atoms with Crippen molar-refractivity contribution in [2.24, 2.45) is 0 Å². The highest BCUT2D eigenvalue weighted by atomic mass is 79.9. The Labute approximate surface area is 121 Å². The van der Waals surface area contributed by atoms with Gasteiger partial charge in [0.1, 0.15) is 17.6 Å². The number of furan rings is 1. The van der Waals surface area contributed by atoms with Crippen molar-refractivity contribution in [3.63, 3.8) is 0 Å². The van der Waals surface area contributed by atoms with E-state index in [-0.39, 0.29) is 12.1 Å². The van der Waals surface area contributed by atoms with E-state index in [1.165, 1.54) is 5.56 Å². The molecule has 0 saturated carbocycles. The number of halogens is 1. The molecule has 19 heavy (non-hydrogen) atoms. The highest BCUT2D eigenvalue weighted by Crippen LogP contribution is 2.31. The average molecular weight is 322 g/mol. The van der Waals surface area contributed by atoms with E-state index in [1.54, 1.807) is 6.26 Å². The van der Waals surface area contributed by atoms with E-state index in [0.717, 1.165) is 28.9 Å². The van der Waals surface area contributed by atoms with Gasteiger partial charge in [0, 0.05) is 17.4 Å². The SMILES string of the molecule is C[C@@H](NCC1Cc2cc(Br)ccc2O1)c1ccco1. The molecule has 2 heterocycles. The van der Waals surface area contributed by atoms with Crippen molar-refractivity contribution in [2.45, 2.75) is 25.5 Å². The van der Waals surface area contributed by atoms with Gasteiger partial charge in [-0.2, -0.15) is 0 Å². The van der Waals surface area contributed by atoms with Crippen LogP contribution in [0.15, 0.2) is 45.5 Å². The third kappa shape index (κ3) is 2.85. The molecule has 2 atom stereocenters. The zero-order chi connectivity index (χ0) is 13.2. The number of nitrogens with one attached hydrogen (secondary N) is 1. The Balaban J connectivity index is 1.56. The van der Waals surface area contributed by atoms with Crippen LogP contribution in [-0.2, 0) is 6.42 Å². The molecule has 1 aliphatic heterocycles. The smallest absolute Gasteiger partial charge is 0.123 e. The largest absolute Gasteiger partial charge is 0.488 e. The van der Waals surface area contributed by atoms with Crippen molar-refractivity contribution < 1.29 is 9.15 Å². The maximum atomic E-state index is 5.92. The number of benzene rings is 1. The van der Waals surface area contributed by atoms with Crippen LogP contribution in [0.1, 0.15) is 24.3 Å². The Bertz CT molecular complexity index is 553. The fourth-order valence-corrected chi connectivity index (χ4v) is 2.76. The summed E-state index contributed by atoms with van der Waals surface area (Å²) in [6.45, 7) is 2.91. The molecule has 0 radical (unpaired) electrons. The first kappa shape index (κ1) is 12.8. The molecule has 4 heteroatoms. The fourth-order valence-electron chi connectivity index (χ4n) is 2.35. The van der Waals surface area contributed by atoms with Crippen LogP contribution < -0.4 is 10.1 Å². The van der Waals surface area contributed by atoms with Gasteiger partial charge < -0.3 is 14.5 Å². The van der Waals surface area contributed by atoms with Gasteiger partial charge in [-0.15, -0.1) is 0 Å². The first-order valence-corrected chi connectivity index (χ1v) is 7.23. The predicted molar refractivity (Wildman–Crippen MR) is 77.4 cm³/mol. The van der Waals surface area contributed by atoms with Gasteiger partial charge in [0.05, 0.1) is 12.3 Å². The lowest BCUT2D eigenvalue weighted by atomic mass is 10.1. The van der Waals surface area contributed by atoms with Gasteiger partial charge in [0.2, 0.25) is 0 Å². The quantitative estimate of drug-likeness (QED) is 0.932. The first-order valence-electron chi connectivity index (χ1n) is 6.44. The van der Waals surface area contributed by atoms with E-state index >= 15 is 0 Å². The van der Waals surface area contributed by atoms with Gasteiger partial charge >= 0.3 is 0 Å². The number of ether oxygens (including phenoxy) is 1. The molecule has 1 aromatic carbocycles. The van der Waals surface area contributed by atoms with Crippen molar-refractivity contribution >= 4 is 15.9 Å². The Hall–Kier alpha value is -1.26. The normalized spacial score (nSPS) is 18.9. The van der Waals surface area contributed by atoms with E-state index in [9.17, 15) is 0 Å². The zero-order valence-electron chi connectivity index (χ0n) is 10.7. The van der Waals surface area contributed by atoms with Gasteiger partial charge in [-0.1, -0.05) is 15.9 Å². The van der Waals surface area contributed by atoms with Crippen LogP contribution in [-0.4, -0.2) is 12.6 Å². The Morgan fingerprint density at radius 1 is 1.42 bits per heavy atom. The van der Waals surface area contributed by atoms with Crippen LogP contribution >= 0.6 is 15.9 Å². The van der Waals surface area contributed by atoms with Crippen molar-refractivity contribution in [2.75, 3.05) is 6.54 Å². The molecule has 0 bridgehead atoms. The van der Waals surface area contributed by atoms with Gasteiger partial charge in [0.15, 0.2) is 0 Å². The Kier molecular flexibility index (Phi) is 3.62. The molecule has 1 N–H and O–H groups in total. The third-order valence-electron chi connectivity index (χ3n) is 3.39. The van der Waals surface area contributed by atoms with Gasteiger partial charge in [-0.3, -0.25) is 0 Å². The number of fused-ring (bicyclic) bond motifs is 1. The summed E-state index contributed by atoms with van der Waals surface area (Å²) in [5.74, 6) is 1.96. The lowest BCUT2D eigenvalue weighted by molar-refractivity contribution is 0.220. The summed E-state index contributed by atoms with van der Waals surface area (Å²) in [5, 5.41) is 3.45. The fraction of sp³-hybridized carbons (Fsp3) is 0.333. The molecular weight excluding hydrogens is 306 g/mol. The van der Waals surface area contributed by atoms with Gasteiger partial charge in [-0.25, -0.2) is 0 Å². The standard InChI is InChI=1S/C15H16BrNO2/c1-10(14-3-2-6-18-14)17-9-13-8-11-7-12(16)4-5-15(11)19-13/h2-7,10,13,17H,8-9H2,1H3/t10-,13?/m1/s1. The number of hydrogen-bond donors (Lipinski definition) is 1. The lowest BCUT2D eigenvalue weighted by Crippen LogP contribution is -2.31. The molecule has 1 unspecified atom stereocenters. The summed E-state index contributed by atoms with van der Waals surface area (Å²) in [7, 11) is 0. The molecule has 2 aromatic rings. The van der Waals surface area contributed by atoms with Crippen molar-refractivity contribution in [1.29, 1.82) is 0 Å². The van der Waals surface area contributed by atoms with Crippen LogP contribution in [0.2, 0.25) is 0 Å². The van der Waals surface area contributed by atoms with Crippen molar-refractivity contribution in [3.05, 3.63) is 52.4 Å². The van der Waals surface area contributed by atoms with E-state index in [0.29, 0.717) is 0 Å². The minimum atomic E-state index is 0.196. The first-order chi connectivity index (χ1) is 9.22. The van der Waals surface area contributed by atoms with Gasteiger partial charge in [0.25, 0.3) is 0 Å². The molecular formula is C15H16BrNO2. The maximum absolute atomic E-state index is 5.92. The Morgan fingerprint density at radius 3 is 3.11 bits per heavy atom. The second kappa shape index (κ2) is 5.39. The minimum absolute atomic E-state index is 0.196. The van der Waals surface area contributed by atoms with Crippen LogP contribution in [0.4, 0.5) is 0 Å². The highest BCUT2D eigenvalue weighted by molar-refractivity contribution is 9.10. The summed E-state index contributed by atoms with van der Waals surface area (Å²) < 4.78 is 12.4. The topological polar surface area (TPSA) is 34.4 Å². The number of rotatable bonds is 4. The van der Waals surface area contributed by atoms with E-state index in [1.807, 2.05) is 24.3 Å². The molecule has 3 nitrogen and oxygen atoms in total.